The third-order valence-corrected chi connectivity index (χ3v) is 4.24. The molecule has 1 aliphatic rings. The van der Waals surface area contributed by atoms with Gasteiger partial charge in [0.1, 0.15) is 0 Å². The molecule has 0 aliphatic heterocycles. The molecular weight excluding hydrogens is 286 g/mol. The Bertz CT molecular complexity index is 856. The lowest BCUT2D eigenvalue weighted by Gasteiger charge is -2.24. The Balaban J connectivity index is 1.83. The fourth-order valence-corrected chi connectivity index (χ4v) is 3.19. The third kappa shape index (κ3) is 2.03. The van der Waals surface area contributed by atoms with Gasteiger partial charge < -0.3 is 0 Å². The molecule has 4 nitrogen and oxygen atoms in total. The highest BCUT2D eigenvalue weighted by Gasteiger charge is 2.28. The molecular formula is C16H12ClN3O. The molecule has 0 radical (unpaired) electrons. The highest BCUT2D eigenvalue weighted by Crippen LogP contribution is 2.33. The Hall–Kier alpha value is -2.20. The van der Waals surface area contributed by atoms with E-state index in [0.717, 1.165) is 23.3 Å². The molecule has 1 unspecified atom stereocenters. The number of hydrogen-bond donors (Lipinski definition) is 0. The van der Waals surface area contributed by atoms with Crippen molar-refractivity contribution in [2.24, 2.45) is 0 Å². The molecule has 2 heterocycles. The quantitative estimate of drug-likeness (QED) is 0.692. The number of fused-ring (bicyclic) bond motifs is 3. The number of aromatic nitrogens is 3. The van der Waals surface area contributed by atoms with E-state index in [0.29, 0.717) is 17.0 Å². The first-order valence-electron chi connectivity index (χ1n) is 6.82. The number of nitrogens with zero attached hydrogens (tertiary/aromatic N) is 3. The molecule has 0 spiro atoms. The SMILES string of the molecule is O=C1CC(c2cccc(Cl)c2)Cc2c1cnc1ccnn21. The predicted molar refractivity (Wildman–Crippen MR) is 79.8 cm³/mol. The summed E-state index contributed by atoms with van der Waals surface area (Å²) in [6.07, 6.45) is 4.63. The first kappa shape index (κ1) is 12.5. The van der Waals surface area contributed by atoms with Gasteiger partial charge in [0.2, 0.25) is 0 Å². The van der Waals surface area contributed by atoms with E-state index in [-0.39, 0.29) is 11.7 Å². The van der Waals surface area contributed by atoms with Gasteiger partial charge in [-0.1, -0.05) is 23.7 Å². The van der Waals surface area contributed by atoms with Crippen molar-refractivity contribution < 1.29 is 4.79 Å². The largest absolute Gasteiger partial charge is 0.294 e. The van der Waals surface area contributed by atoms with Gasteiger partial charge >= 0.3 is 0 Å². The minimum atomic E-state index is 0.117. The normalized spacial score (nSPS) is 18.0. The highest BCUT2D eigenvalue weighted by molar-refractivity contribution is 6.30. The number of carbonyl (C=O) groups is 1. The van der Waals surface area contributed by atoms with E-state index in [4.69, 9.17) is 11.6 Å². The van der Waals surface area contributed by atoms with Crippen molar-refractivity contribution in [2.45, 2.75) is 18.8 Å². The van der Waals surface area contributed by atoms with E-state index in [1.807, 2.05) is 30.3 Å². The molecule has 3 aromatic rings. The number of halogens is 1. The number of hydrogen-bond acceptors (Lipinski definition) is 3. The summed E-state index contributed by atoms with van der Waals surface area (Å²) in [5, 5.41) is 4.99. The Morgan fingerprint density at radius 2 is 2.14 bits per heavy atom. The lowest BCUT2D eigenvalue weighted by molar-refractivity contribution is 0.0962. The Morgan fingerprint density at radius 1 is 1.24 bits per heavy atom. The molecule has 0 saturated carbocycles. The number of Topliss-reactive ketones (excluding diaryl/α,β-unsaturated/α-hetero) is 1. The van der Waals surface area contributed by atoms with Crippen LogP contribution in [-0.4, -0.2) is 20.4 Å². The van der Waals surface area contributed by atoms with Crippen LogP contribution in [0.25, 0.3) is 5.65 Å². The summed E-state index contributed by atoms with van der Waals surface area (Å²) in [6, 6.07) is 9.57. The third-order valence-electron chi connectivity index (χ3n) is 4.01. The minimum absolute atomic E-state index is 0.117. The molecule has 1 atom stereocenters. The maximum Gasteiger partial charge on any atom is 0.166 e. The highest BCUT2D eigenvalue weighted by atomic mass is 35.5. The summed E-state index contributed by atoms with van der Waals surface area (Å²) in [5.74, 6) is 0.254. The van der Waals surface area contributed by atoms with Gasteiger partial charge in [0.05, 0.1) is 17.5 Å². The summed E-state index contributed by atoms with van der Waals surface area (Å²) in [4.78, 5) is 16.7. The van der Waals surface area contributed by atoms with Crippen LogP contribution in [0.5, 0.6) is 0 Å². The Morgan fingerprint density at radius 3 is 3.00 bits per heavy atom. The van der Waals surface area contributed by atoms with Crippen LogP contribution in [-0.2, 0) is 6.42 Å². The summed E-state index contributed by atoms with van der Waals surface area (Å²) in [5.41, 5.74) is 3.49. The van der Waals surface area contributed by atoms with E-state index >= 15 is 0 Å². The average molecular weight is 298 g/mol. The molecule has 5 heteroatoms. The van der Waals surface area contributed by atoms with Gasteiger partial charge in [0.15, 0.2) is 11.4 Å². The first-order chi connectivity index (χ1) is 10.2. The number of ketones is 1. The van der Waals surface area contributed by atoms with Gasteiger partial charge in [-0.3, -0.25) is 4.79 Å². The van der Waals surface area contributed by atoms with E-state index in [9.17, 15) is 4.79 Å². The van der Waals surface area contributed by atoms with Gasteiger partial charge in [-0.05, 0) is 30.0 Å². The van der Waals surface area contributed by atoms with Crippen molar-refractivity contribution in [3.63, 3.8) is 0 Å². The van der Waals surface area contributed by atoms with Crippen LogP contribution in [0.2, 0.25) is 5.02 Å². The van der Waals surface area contributed by atoms with Gasteiger partial charge in [-0.25, -0.2) is 9.50 Å². The van der Waals surface area contributed by atoms with E-state index < -0.39 is 0 Å². The fraction of sp³-hybridized carbons (Fsp3) is 0.188. The van der Waals surface area contributed by atoms with Crippen LogP contribution in [0, 0.1) is 0 Å². The predicted octanol–water partition coefficient (Wildman–Crippen LogP) is 3.30. The number of rotatable bonds is 1. The van der Waals surface area contributed by atoms with Crippen molar-refractivity contribution in [1.29, 1.82) is 0 Å². The smallest absolute Gasteiger partial charge is 0.166 e. The van der Waals surface area contributed by atoms with Crippen LogP contribution in [0.3, 0.4) is 0 Å². The molecule has 1 aromatic carbocycles. The van der Waals surface area contributed by atoms with Gasteiger partial charge in [0.25, 0.3) is 0 Å². The molecule has 104 valence electrons. The second-order valence-corrected chi connectivity index (χ2v) is 5.74. The van der Waals surface area contributed by atoms with Crippen molar-refractivity contribution in [2.75, 3.05) is 0 Å². The van der Waals surface area contributed by atoms with Crippen molar-refractivity contribution in [1.82, 2.24) is 14.6 Å². The topological polar surface area (TPSA) is 47.3 Å². The van der Waals surface area contributed by atoms with Crippen LogP contribution in [0.15, 0.2) is 42.7 Å². The zero-order valence-corrected chi connectivity index (χ0v) is 11.9. The van der Waals surface area contributed by atoms with Crippen molar-refractivity contribution in [3.8, 4) is 0 Å². The Labute approximate surface area is 126 Å². The lowest BCUT2D eigenvalue weighted by Crippen LogP contribution is -2.22. The van der Waals surface area contributed by atoms with Crippen molar-refractivity contribution in [3.05, 3.63) is 64.6 Å². The van der Waals surface area contributed by atoms with Crippen LogP contribution >= 0.6 is 11.6 Å². The first-order valence-corrected chi connectivity index (χ1v) is 7.20. The van der Waals surface area contributed by atoms with E-state index in [1.165, 1.54) is 0 Å². The number of carbonyl (C=O) groups excluding carboxylic acids is 1. The minimum Gasteiger partial charge on any atom is -0.294 e. The van der Waals surface area contributed by atoms with Gasteiger partial charge in [0, 0.05) is 23.7 Å². The van der Waals surface area contributed by atoms with Crippen molar-refractivity contribution >= 4 is 23.0 Å². The lowest BCUT2D eigenvalue weighted by atomic mass is 9.82. The number of benzene rings is 1. The van der Waals surface area contributed by atoms with Crippen LogP contribution in [0.1, 0.15) is 34.0 Å². The van der Waals surface area contributed by atoms with E-state index in [1.54, 1.807) is 16.9 Å². The molecule has 0 amide bonds. The monoisotopic (exact) mass is 297 g/mol. The maximum atomic E-state index is 12.4. The molecule has 0 saturated heterocycles. The van der Waals surface area contributed by atoms with E-state index in [2.05, 4.69) is 10.1 Å². The standard InChI is InChI=1S/C16H12ClN3O/c17-12-3-1-2-10(6-12)11-7-14-13(15(21)8-11)9-18-16-4-5-19-20(14)16/h1-6,9,11H,7-8H2. The summed E-state index contributed by atoms with van der Waals surface area (Å²) in [6.45, 7) is 0. The molecule has 2 aromatic heterocycles. The second kappa shape index (κ2) is 4.67. The second-order valence-electron chi connectivity index (χ2n) is 5.30. The molecule has 0 N–H and O–H groups in total. The summed E-state index contributed by atoms with van der Waals surface area (Å²) < 4.78 is 1.77. The molecule has 4 rings (SSSR count). The Kier molecular flexibility index (Phi) is 2.79. The van der Waals surface area contributed by atoms with Gasteiger partial charge in [-0.2, -0.15) is 5.10 Å². The molecule has 0 bridgehead atoms. The zero-order chi connectivity index (χ0) is 14.4. The van der Waals surface area contributed by atoms with Gasteiger partial charge in [-0.15, -0.1) is 0 Å². The summed E-state index contributed by atoms with van der Waals surface area (Å²) >= 11 is 6.07. The maximum absolute atomic E-state index is 12.4. The molecule has 21 heavy (non-hydrogen) atoms. The zero-order valence-electron chi connectivity index (χ0n) is 11.2. The summed E-state index contributed by atoms with van der Waals surface area (Å²) in [7, 11) is 0. The van der Waals surface area contributed by atoms with Crippen LogP contribution in [0.4, 0.5) is 0 Å². The van der Waals surface area contributed by atoms with Crippen LogP contribution < -0.4 is 0 Å². The molecule has 0 fully saturated rings. The fourth-order valence-electron chi connectivity index (χ4n) is 2.99. The molecule has 1 aliphatic carbocycles. The average Bonchev–Trinajstić information content (AvgIpc) is 2.96.